The summed E-state index contributed by atoms with van der Waals surface area (Å²) in [5, 5.41) is 0. The lowest BCUT2D eigenvalue weighted by molar-refractivity contribution is -0.181. The first-order valence-corrected chi connectivity index (χ1v) is 9.13. The van der Waals surface area contributed by atoms with Crippen molar-refractivity contribution in [1.29, 1.82) is 0 Å². The number of nitrogens with zero attached hydrogens (tertiary/aromatic N) is 2. The topological polar surface area (TPSA) is 40.6 Å². The van der Waals surface area contributed by atoms with E-state index in [1.807, 2.05) is 30.3 Å². The van der Waals surface area contributed by atoms with Gasteiger partial charge in [-0.2, -0.15) is 13.2 Å². The van der Waals surface area contributed by atoms with Crippen LogP contribution in [0, 0.1) is 11.8 Å². The fourth-order valence-corrected chi connectivity index (χ4v) is 4.13. The third-order valence-corrected chi connectivity index (χ3v) is 5.48. The van der Waals surface area contributed by atoms with Gasteiger partial charge in [-0.25, -0.2) is 0 Å². The van der Waals surface area contributed by atoms with Gasteiger partial charge in [0.1, 0.15) is 0 Å². The molecule has 2 aromatic carbocycles. The van der Waals surface area contributed by atoms with Crippen LogP contribution in [0.5, 0.6) is 0 Å². The van der Waals surface area contributed by atoms with Gasteiger partial charge in [0, 0.05) is 32.1 Å². The average molecular weight is 388 g/mol. The van der Waals surface area contributed by atoms with Crippen molar-refractivity contribution in [2.24, 2.45) is 11.8 Å². The monoisotopic (exact) mass is 388 g/mol. The van der Waals surface area contributed by atoms with Crippen molar-refractivity contribution >= 4 is 11.8 Å². The summed E-state index contributed by atoms with van der Waals surface area (Å²) in [5.41, 5.74) is 1.45. The first-order chi connectivity index (χ1) is 13.3. The van der Waals surface area contributed by atoms with E-state index in [0.29, 0.717) is 6.54 Å². The van der Waals surface area contributed by atoms with Crippen molar-refractivity contribution in [2.45, 2.75) is 12.7 Å². The molecule has 2 amide bonds. The SMILES string of the molecule is O=C1c2ccccc2C(=O)N1C[C@@H]1CN(Cc2ccccc2)C[C@H]1C(F)(F)F. The van der Waals surface area contributed by atoms with E-state index in [1.165, 1.54) is 12.1 Å². The summed E-state index contributed by atoms with van der Waals surface area (Å²) in [6.07, 6.45) is -4.38. The molecule has 2 atom stereocenters. The zero-order valence-corrected chi connectivity index (χ0v) is 15.0. The first-order valence-electron chi connectivity index (χ1n) is 9.13. The lowest BCUT2D eigenvalue weighted by Crippen LogP contribution is -2.40. The predicted octanol–water partition coefficient (Wildman–Crippen LogP) is 3.59. The van der Waals surface area contributed by atoms with Crippen molar-refractivity contribution in [3.05, 3.63) is 71.3 Å². The lowest BCUT2D eigenvalue weighted by Gasteiger charge is -2.25. The summed E-state index contributed by atoms with van der Waals surface area (Å²) in [7, 11) is 0. The molecule has 0 aromatic heterocycles. The van der Waals surface area contributed by atoms with E-state index in [0.717, 1.165) is 10.5 Å². The summed E-state index contributed by atoms with van der Waals surface area (Å²) < 4.78 is 40.9. The van der Waals surface area contributed by atoms with Crippen LogP contribution in [0.4, 0.5) is 13.2 Å². The molecular weight excluding hydrogens is 369 g/mol. The van der Waals surface area contributed by atoms with Gasteiger partial charge in [0.15, 0.2) is 0 Å². The molecule has 0 aliphatic carbocycles. The van der Waals surface area contributed by atoms with Crippen LogP contribution in [-0.2, 0) is 6.54 Å². The molecule has 0 saturated carbocycles. The minimum absolute atomic E-state index is 0.133. The molecular formula is C21H19F3N2O2. The molecule has 4 rings (SSSR count). The smallest absolute Gasteiger partial charge is 0.298 e. The second-order valence-corrected chi connectivity index (χ2v) is 7.35. The van der Waals surface area contributed by atoms with E-state index in [1.54, 1.807) is 17.0 Å². The minimum Gasteiger partial charge on any atom is -0.298 e. The molecule has 146 valence electrons. The molecule has 1 saturated heterocycles. The zero-order valence-electron chi connectivity index (χ0n) is 15.0. The van der Waals surface area contributed by atoms with Gasteiger partial charge >= 0.3 is 6.18 Å². The third-order valence-electron chi connectivity index (χ3n) is 5.48. The summed E-state index contributed by atoms with van der Waals surface area (Å²) in [6.45, 7) is 0.243. The van der Waals surface area contributed by atoms with Crippen LogP contribution >= 0.6 is 0 Å². The second kappa shape index (κ2) is 7.05. The maximum absolute atomic E-state index is 13.6. The number of rotatable bonds is 4. The number of fused-ring (bicyclic) bond motifs is 1. The Hall–Kier alpha value is -2.67. The van der Waals surface area contributed by atoms with Gasteiger partial charge in [-0.15, -0.1) is 0 Å². The number of carbonyl (C=O) groups is 2. The van der Waals surface area contributed by atoms with E-state index in [2.05, 4.69) is 0 Å². The first kappa shape index (κ1) is 18.7. The molecule has 2 aromatic rings. The Bertz CT molecular complexity index is 863. The molecule has 4 nitrogen and oxygen atoms in total. The van der Waals surface area contributed by atoms with Crippen molar-refractivity contribution in [3.8, 4) is 0 Å². The van der Waals surface area contributed by atoms with Crippen LogP contribution in [-0.4, -0.2) is 47.4 Å². The van der Waals surface area contributed by atoms with Crippen LogP contribution in [0.25, 0.3) is 0 Å². The maximum Gasteiger partial charge on any atom is 0.393 e. The minimum atomic E-state index is -4.38. The Morgan fingerprint density at radius 1 is 0.857 bits per heavy atom. The highest BCUT2D eigenvalue weighted by atomic mass is 19.4. The summed E-state index contributed by atoms with van der Waals surface area (Å²) >= 11 is 0. The highest BCUT2D eigenvalue weighted by Crippen LogP contribution is 2.39. The van der Waals surface area contributed by atoms with Crippen molar-refractivity contribution in [3.63, 3.8) is 0 Å². The molecule has 2 aliphatic rings. The Balaban J connectivity index is 1.52. The number of hydrogen-bond donors (Lipinski definition) is 0. The standard InChI is InChI=1S/C21H19F3N2O2/c22-21(23,24)18-13-25(10-14-6-2-1-3-7-14)11-15(18)12-26-19(27)16-8-4-5-9-17(16)20(26)28/h1-9,15,18H,10-13H2/t15-,18+/m0/s1. The number of halogens is 3. The number of likely N-dealkylation sites (tertiary alicyclic amines) is 1. The van der Waals surface area contributed by atoms with Gasteiger partial charge in [-0.3, -0.25) is 19.4 Å². The molecule has 2 aliphatic heterocycles. The largest absolute Gasteiger partial charge is 0.393 e. The molecule has 1 fully saturated rings. The van der Waals surface area contributed by atoms with E-state index in [4.69, 9.17) is 0 Å². The fraction of sp³-hybridized carbons (Fsp3) is 0.333. The molecule has 2 heterocycles. The maximum atomic E-state index is 13.6. The highest BCUT2D eigenvalue weighted by Gasteiger charge is 2.51. The quantitative estimate of drug-likeness (QED) is 0.752. The Kier molecular flexibility index (Phi) is 4.71. The summed E-state index contributed by atoms with van der Waals surface area (Å²) in [4.78, 5) is 27.8. The summed E-state index contributed by atoms with van der Waals surface area (Å²) in [6, 6.07) is 15.7. The normalized spacial score (nSPS) is 22.8. The number of imide groups is 1. The Morgan fingerprint density at radius 2 is 1.43 bits per heavy atom. The number of alkyl halides is 3. The van der Waals surface area contributed by atoms with Gasteiger partial charge in [0.25, 0.3) is 11.8 Å². The van der Waals surface area contributed by atoms with Gasteiger partial charge < -0.3 is 0 Å². The molecule has 0 radical (unpaired) electrons. The average Bonchev–Trinajstić information content (AvgIpc) is 3.18. The summed E-state index contributed by atoms with van der Waals surface area (Å²) in [5.74, 6) is -3.43. The van der Waals surface area contributed by atoms with E-state index in [9.17, 15) is 22.8 Å². The van der Waals surface area contributed by atoms with E-state index < -0.39 is 29.8 Å². The predicted molar refractivity (Wildman–Crippen MR) is 96.6 cm³/mol. The van der Waals surface area contributed by atoms with Crippen LogP contribution < -0.4 is 0 Å². The molecule has 7 heteroatoms. The fourth-order valence-electron chi connectivity index (χ4n) is 4.13. The number of carbonyl (C=O) groups excluding carboxylic acids is 2. The number of amides is 2. The van der Waals surface area contributed by atoms with Gasteiger partial charge in [-0.05, 0) is 17.7 Å². The van der Waals surface area contributed by atoms with Crippen LogP contribution in [0.3, 0.4) is 0 Å². The van der Waals surface area contributed by atoms with Gasteiger partial charge in [0.2, 0.25) is 0 Å². The van der Waals surface area contributed by atoms with Gasteiger partial charge in [0.05, 0.1) is 17.0 Å². The van der Waals surface area contributed by atoms with Crippen LogP contribution in [0.2, 0.25) is 0 Å². The van der Waals surface area contributed by atoms with Crippen molar-refractivity contribution < 1.29 is 22.8 Å². The van der Waals surface area contributed by atoms with Crippen LogP contribution in [0.15, 0.2) is 54.6 Å². The molecule has 28 heavy (non-hydrogen) atoms. The number of benzene rings is 2. The van der Waals surface area contributed by atoms with Crippen molar-refractivity contribution in [1.82, 2.24) is 9.80 Å². The van der Waals surface area contributed by atoms with Crippen LogP contribution in [0.1, 0.15) is 26.3 Å². The highest BCUT2D eigenvalue weighted by molar-refractivity contribution is 6.21. The Labute approximate surface area is 160 Å². The van der Waals surface area contributed by atoms with Gasteiger partial charge in [-0.1, -0.05) is 42.5 Å². The zero-order chi connectivity index (χ0) is 19.9. The second-order valence-electron chi connectivity index (χ2n) is 7.35. The number of hydrogen-bond acceptors (Lipinski definition) is 3. The molecule has 0 spiro atoms. The van der Waals surface area contributed by atoms with E-state index >= 15 is 0 Å². The molecule has 0 unspecified atom stereocenters. The lowest BCUT2D eigenvalue weighted by atomic mass is 9.95. The van der Waals surface area contributed by atoms with Crippen molar-refractivity contribution in [2.75, 3.05) is 19.6 Å². The molecule has 0 N–H and O–H groups in total. The van der Waals surface area contributed by atoms with E-state index in [-0.39, 0.29) is 30.8 Å². The third kappa shape index (κ3) is 3.42. The Morgan fingerprint density at radius 3 is 2.00 bits per heavy atom. The molecule has 0 bridgehead atoms.